The molecule has 0 aromatic heterocycles. The third-order valence-electron chi connectivity index (χ3n) is 4.09. The monoisotopic (exact) mass is 380 g/mol. The van der Waals surface area contributed by atoms with Gasteiger partial charge in [0.15, 0.2) is 5.17 Å². The summed E-state index contributed by atoms with van der Waals surface area (Å²) < 4.78 is 5.27. The van der Waals surface area contributed by atoms with E-state index in [0.29, 0.717) is 17.4 Å². The first-order valence-corrected chi connectivity index (χ1v) is 9.78. The third-order valence-corrected chi connectivity index (χ3v) is 5.09. The Morgan fingerprint density at radius 3 is 2.59 bits per heavy atom. The van der Waals surface area contributed by atoms with Crippen molar-refractivity contribution in [1.82, 2.24) is 4.90 Å². The van der Waals surface area contributed by atoms with E-state index in [-0.39, 0.29) is 5.91 Å². The Morgan fingerprint density at radius 2 is 1.93 bits per heavy atom. The predicted octanol–water partition coefficient (Wildman–Crippen LogP) is 5.26. The average molecular weight is 381 g/mol. The Bertz CT molecular complexity index is 885. The van der Waals surface area contributed by atoms with E-state index < -0.39 is 0 Å². The van der Waals surface area contributed by atoms with Gasteiger partial charge in [-0.15, -0.1) is 0 Å². The summed E-state index contributed by atoms with van der Waals surface area (Å²) in [6.07, 6.45) is 1.90. The van der Waals surface area contributed by atoms with Crippen LogP contribution in [0.2, 0.25) is 0 Å². The van der Waals surface area contributed by atoms with Crippen LogP contribution in [-0.2, 0) is 4.79 Å². The summed E-state index contributed by atoms with van der Waals surface area (Å²) in [4.78, 5) is 20.2. The summed E-state index contributed by atoms with van der Waals surface area (Å²) in [5, 5.41) is 0.728. The van der Waals surface area contributed by atoms with Crippen LogP contribution in [0, 0.1) is 12.8 Å². The largest absolute Gasteiger partial charge is 0.497 e. The molecule has 1 fully saturated rings. The summed E-state index contributed by atoms with van der Waals surface area (Å²) in [5.74, 6) is 1.13. The summed E-state index contributed by atoms with van der Waals surface area (Å²) in [6.45, 7) is 6.90. The smallest absolute Gasteiger partial charge is 0.266 e. The van der Waals surface area contributed by atoms with Gasteiger partial charge in [-0.1, -0.05) is 43.7 Å². The number of benzene rings is 2. The van der Waals surface area contributed by atoms with Gasteiger partial charge in [0.05, 0.1) is 17.7 Å². The minimum atomic E-state index is 0.00221. The second kappa shape index (κ2) is 8.44. The number of rotatable bonds is 5. The SMILES string of the molecule is COc1cccc(/C=C2/SC(=Nc3ccc(C)cc3)N(CC(C)C)C2=O)c1. The van der Waals surface area contributed by atoms with Crippen molar-refractivity contribution in [2.45, 2.75) is 20.8 Å². The maximum atomic E-state index is 13.0. The van der Waals surface area contributed by atoms with E-state index in [1.807, 2.05) is 61.5 Å². The van der Waals surface area contributed by atoms with Crippen LogP contribution < -0.4 is 4.74 Å². The lowest BCUT2D eigenvalue weighted by Gasteiger charge is -2.17. The lowest BCUT2D eigenvalue weighted by molar-refractivity contribution is -0.122. The zero-order chi connectivity index (χ0) is 19.4. The highest BCUT2D eigenvalue weighted by atomic mass is 32.2. The van der Waals surface area contributed by atoms with Crippen molar-refractivity contribution < 1.29 is 9.53 Å². The van der Waals surface area contributed by atoms with E-state index >= 15 is 0 Å². The molecule has 1 amide bonds. The normalized spacial score (nSPS) is 17.4. The average Bonchev–Trinajstić information content (AvgIpc) is 2.92. The molecule has 140 valence electrons. The number of ether oxygens (including phenoxy) is 1. The van der Waals surface area contributed by atoms with Crippen molar-refractivity contribution in [2.24, 2.45) is 10.9 Å². The highest BCUT2D eigenvalue weighted by Gasteiger charge is 2.33. The fraction of sp³-hybridized carbons (Fsp3) is 0.273. The quantitative estimate of drug-likeness (QED) is 0.664. The van der Waals surface area contributed by atoms with Crippen molar-refractivity contribution in [3.63, 3.8) is 0 Å². The number of hydrogen-bond donors (Lipinski definition) is 0. The number of amidine groups is 1. The highest BCUT2D eigenvalue weighted by Crippen LogP contribution is 2.35. The number of aliphatic imine (C=N–C) groups is 1. The first-order chi connectivity index (χ1) is 13.0. The first kappa shape index (κ1) is 19.2. The van der Waals surface area contributed by atoms with Gasteiger partial charge in [-0.25, -0.2) is 4.99 Å². The predicted molar refractivity (Wildman–Crippen MR) is 113 cm³/mol. The molecule has 3 rings (SSSR count). The number of aryl methyl sites for hydroxylation is 1. The molecule has 1 heterocycles. The molecular formula is C22H24N2O2S. The molecule has 2 aromatic carbocycles. The molecule has 27 heavy (non-hydrogen) atoms. The zero-order valence-corrected chi connectivity index (χ0v) is 16.9. The number of carbonyl (C=O) groups excluding carboxylic acids is 1. The standard InChI is InChI=1S/C22H24N2O2S/c1-15(2)14-24-21(25)20(13-17-6-5-7-19(12-17)26-4)27-22(24)23-18-10-8-16(3)9-11-18/h5-13,15H,14H2,1-4H3/b20-13+,23-22?. The first-order valence-electron chi connectivity index (χ1n) is 8.97. The molecule has 0 atom stereocenters. The zero-order valence-electron chi connectivity index (χ0n) is 16.1. The number of hydrogen-bond acceptors (Lipinski definition) is 4. The van der Waals surface area contributed by atoms with Crippen LogP contribution in [0.25, 0.3) is 6.08 Å². The van der Waals surface area contributed by atoms with Gasteiger partial charge >= 0.3 is 0 Å². The summed E-state index contributed by atoms with van der Waals surface area (Å²) >= 11 is 1.42. The second-order valence-corrected chi connectivity index (χ2v) is 7.94. The molecule has 4 nitrogen and oxygen atoms in total. The molecule has 0 radical (unpaired) electrons. The van der Waals surface area contributed by atoms with Gasteiger partial charge in [0.2, 0.25) is 0 Å². The fourth-order valence-corrected chi connectivity index (χ4v) is 3.74. The van der Waals surface area contributed by atoms with Crippen LogP contribution in [0.4, 0.5) is 5.69 Å². The Labute approximate surface area is 164 Å². The van der Waals surface area contributed by atoms with Crippen molar-refractivity contribution in [3.05, 3.63) is 64.6 Å². The molecule has 0 aliphatic carbocycles. The number of methoxy groups -OCH3 is 1. The summed E-state index contributed by atoms with van der Waals surface area (Å²) in [5.41, 5.74) is 2.98. The molecule has 0 bridgehead atoms. The Balaban J connectivity index is 1.94. The maximum Gasteiger partial charge on any atom is 0.266 e. The number of carbonyl (C=O) groups is 1. The van der Waals surface area contributed by atoms with Gasteiger partial charge in [-0.05, 0) is 60.5 Å². The van der Waals surface area contributed by atoms with Crippen LogP contribution in [0.5, 0.6) is 5.75 Å². The van der Waals surface area contributed by atoms with Crippen LogP contribution in [-0.4, -0.2) is 29.6 Å². The van der Waals surface area contributed by atoms with Crippen molar-refractivity contribution in [1.29, 1.82) is 0 Å². The molecule has 5 heteroatoms. The minimum Gasteiger partial charge on any atom is -0.497 e. The van der Waals surface area contributed by atoms with Gasteiger partial charge in [0.25, 0.3) is 5.91 Å². The molecule has 0 unspecified atom stereocenters. The van der Waals surface area contributed by atoms with Gasteiger partial charge in [-0.2, -0.15) is 0 Å². The van der Waals surface area contributed by atoms with Crippen molar-refractivity contribution in [3.8, 4) is 5.75 Å². The van der Waals surface area contributed by atoms with Crippen LogP contribution in [0.3, 0.4) is 0 Å². The van der Waals surface area contributed by atoms with Gasteiger partial charge in [-0.3, -0.25) is 9.69 Å². The molecular weight excluding hydrogens is 356 g/mol. The van der Waals surface area contributed by atoms with Gasteiger partial charge in [0, 0.05) is 6.54 Å². The molecule has 1 saturated heterocycles. The summed E-state index contributed by atoms with van der Waals surface area (Å²) in [7, 11) is 1.64. The molecule has 0 spiro atoms. The van der Waals surface area contributed by atoms with Crippen LogP contribution in [0.1, 0.15) is 25.0 Å². The van der Waals surface area contributed by atoms with Gasteiger partial charge < -0.3 is 4.74 Å². The lowest BCUT2D eigenvalue weighted by Crippen LogP contribution is -2.32. The van der Waals surface area contributed by atoms with E-state index in [1.54, 1.807) is 12.0 Å². The van der Waals surface area contributed by atoms with E-state index in [1.165, 1.54) is 17.3 Å². The van der Waals surface area contributed by atoms with E-state index in [2.05, 4.69) is 13.8 Å². The molecule has 0 saturated carbocycles. The van der Waals surface area contributed by atoms with Crippen LogP contribution >= 0.6 is 11.8 Å². The van der Waals surface area contributed by atoms with Crippen molar-refractivity contribution >= 4 is 34.6 Å². The fourth-order valence-electron chi connectivity index (χ4n) is 2.73. The molecule has 0 N–H and O–H groups in total. The van der Waals surface area contributed by atoms with E-state index in [4.69, 9.17) is 9.73 Å². The molecule has 2 aromatic rings. The van der Waals surface area contributed by atoms with Gasteiger partial charge in [0.1, 0.15) is 5.75 Å². The third kappa shape index (κ3) is 4.80. The Hall–Kier alpha value is -2.53. The lowest BCUT2D eigenvalue weighted by atomic mass is 10.2. The maximum absolute atomic E-state index is 13.0. The Morgan fingerprint density at radius 1 is 1.19 bits per heavy atom. The topological polar surface area (TPSA) is 41.9 Å². The van der Waals surface area contributed by atoms with E-state index in [9.17, 15) is 4.79 Å². The number of thioether (sulfide) groups is 1. The van der Waals surface area contributed by atoms with E-state index in [0.717, 1.165) is 22.2 Å². The Kier molecular flexibility index (Phi) is 6.01. The molecule has 1 aliphatic heterocycles. The molecule has 1 aliphatic rings. The number of nitrogens with zero attached hydrogens (tertiary/aromatic N) is 2. The highest BCUT2D eigenvalue weighted by molar-refractivity contribution is 8.18. The van der Waals surface area contributed by atoms with Crippen LogP contribution in [0.15, 0.2) is 58.4 Å². The number of amides is 1. The van der Waals surface area contributed by atoms with Crippen molar-refractivity contribution in [2.75, 3.05) is 13.7 Å². The summed E-state index contributed by atoms with van der Waals surface area (Å²) in [6, 6.07) is 15.7. The minimum absolute atomic E-state index is 0.00221. The second-order valence-electron chi connectivity index (χ2n) is 6.93.